The summed E-state index contributed by atoms with van der Waals surface area (Å²) in [5.74, 6) is -0.185. The number of carbonyl (C=O) groups is 2. The Morgan fingerprint density at radius 2 is 2.05 bits per heavy atom. The fourth-order valence-corrected chi connectivity index (χ4v) is 9.59. The number of benzene rings is 1. The number of hydroxylamine groups is 1. The summed E-state index contributed by atoms with van der Waals surface area (Å²) in [5.41, 5.74) is 3.60. The number of nitrogens with zero attached hydrogens (tertiary/aromatic N) is 4. The first kappa shape index (κ1) is 26.9. The SMILES string of the molecule is CN1CCc2nc(C(=O)N3CCN(S(=O)(=O)c4cc5ccc(Cl)cc5s4)CC3CCC3NOC(=O)N3)sc2C1. The molecular weight excluding hydrogens is 584 g/mol. The Morgan fingerprint density at radius 3 is 2.85 bits per heavy atom. The Balaban J connectivity index is 1.24. The molecule has 0 saturated carbocycles. The molecule has 2 N–H and O–H groups in total. The van der Waals surface area contributed by atoms with Gasteiger partial charge in [-0.1, -0.05) is 17.7 Å². The number of piperazine rings is 1. The molecular formula is C24H27ClN6O5S3. The number of likely N-dealkylation sites (N-methyl/N-ethyl adjacent to an activating group) is 1. The first-order chi connectivity index (χ1) is 18.7. The Bertz CT molecular complexity index is 1540. The van der Waals surface area contributed by atoms with E-state index in [9.17, 15) is 18.0 Å². The molecule has 5 heterocycles. The molecule has 2 fully saturated rings. The summed E-state index contributed by atoms with van der Waals surface area (Å²) in [6.45, 7) is 2.22. The smallest absolute Gasteiger partial charge is 0.352 e. The summed E-state index contributed by atoms with van der Waals surface area (Å²) in [6.07, 6.45) is 0.725. The van der Waals surface area contributed by atoms with E-state index >= 15 is 0 Å². The van der Waals surface area contributed by atoms with Crippen molar-refractivity contribution in [2.45, 2.75) is 42.2 Å². The van der Waals surface area contributed by atoms with Crippen LogP contribution < -0.4 is 10.8 Å². The fraction of sp³-hybridized carbons (Fsp3) is 0.458. The molecule has 2 saturated heterocycles. The van der Waals surface area contributed by atoms with Crippen molar-refractivity contribution in [3.63, 3.8) is 0 Å². The minimum atomic E-state index is -3.80. The van der Waals surface area contributed by atoms with Gasteiger partial charge >= 0.3 is 6.09 Å². The maximum Gasteiger partial charge on any atom is 0.427 e. The monoisotopic (exact) mass is 610 g/mol. The van der Waals surface area contributed by atoms with Crippen molar-refractivity contribution in [3.05, 3.63) is 44.9 Å². The summed E-state index contributed by atoms with van der Waals surface area (Å²) >= 11 is 8.71. The number of hydrogen-bond acceptors (Lipinski definition) is 10. The number of sulfonamides is 1. The molecule has 3 aliphatic heterocycles. The van der Waals surface area contributed by atoms with Crippen LogP contribution in [0.1, 0.15) is 33.2 Å². The van der Waals surface area contributed by atoms with Crippen LogP contribution in [0.15, 0.2) is 28.5 Å². The predicted octanol–water partition coefficient (Wildman–Crippen LogP) is 2.87. The van der Waals surface area contributed by atoms with Crippen molar-refractivity contribution < 1.29 is 22.8 Å². The van der Waals surface area contributed by atoms with E-state index in [2.05, 4.69) is 20.7 Å². The van der Waals surface area contributed by atoms with Crippen molar-refractivity contribution in [3.8, 4) is 0 Å². The molecule has 6 rings (SSSR count). The molecule has 2 atom stereocenters. The van der Waals surface area contributed by atoms with Gasteiger partial charge in [0.1, 0.15) is 10.4 Å². The Labute approximate surface area is 238 Å². The van der Waals surface area contributed by atoms with Gasteiger partial charge in [-0.05, 0) is 43.5 Å². The third kappa shape index (κ3) is 5.38. The van der Waals surface area contributed by atoms with Crippen LogP contribution in [0, 0.1) is 0 Å². The number of halogens is 1. The zero-order valence-corrected chi connectivity index (χ0v) is 24.3. The van der Waals surface area contributed by atoms with Crippen molar-refractivity contribution in [2.75, 3.05) is 33.2 Å². The number of thiazole rings is 1. The van der Waals surface area contributed by atoms with E-state index in [1.165, 1.54) is 27.0 Å². The zero-order valence-electron chi connectivity index (χ0n) is 21.1. The number of hydrogen-bond donors (Lipinski definition) is 2. The van der Waals surface area contributed by atoms with E-state index in [0.29, 0.717) is 22.9 Å². The average molecular weight is 611 g/mol. The second-order valence-electron chi connectivity index (χ2n) is 9.92. The lowest BCUT2D eigenvalue weighted by molar-refractivity contribution is 0.0534. The summed E-state index contributed by atoms with van der Waals surface area (Å²) in [4.78, 5) is 39.6. The topological polar surface area (TPSA) is 124 Å². The van der Waals surface area contributed by atoms with Gasteiger partial charge in [-0.15, -0.1) is 28.2 Å². The molecule has 2 amide bonds. The molecule has 3 aliphatic rings. The highest BCUT2D eigenvalue weighted by Gasteiger charge is 2.39. The first-order valence-electron chi connectivity index (χ1n) is 12.6. The molecule has 2 unspecified atom stereocenters. The summed E-state index contributed by atoms with van der Waals surface area (Å²) in [6, 6.07) is 6.57. The van der Waals surface area contributed by atoms with Crippen LogP contribution in [0.5, 0.6) is 0 Å². The summed E-state index contributed by atoms with van der Waals surface area (Å²) < 4.78 is 29.9. The highest BCUT2D eigenvalue weighted by Crippen LogP contribution is 2.34. The highest BCUT2D eigenvalue weighted by molar-refractivity contribution is 7.91. The van der Waals surface area contributed by atoms with Gasteiger partial charge in [-0.3, -0.25) is 4.79 Å². The fourth-order valence-electron chi connectivity index (χ4n) is 5.15. The van der Waals surface area contributed by atoms with E-state index in [0.717, 1.165) is 40.2 Å². The van der Waals surface area contributed by atoms with Gasteiger partial charge in [0, 0.05) is 59.8 Å². The molecule has 3 aromatic rings. The molecule has 0 radical (unpaired) electrons. The third-order valence-electron chi connectivity index (χ3n) is 7.24. The van der Waals surface area contributed by atoms with E-state index in [1.54, 1.807) is 23.1 Å². The lowest BCUT2D eigenvalue weighted by Gasteiger charge is -2.40. The van der Waals surface area contributed by atoms with Crippen LogP contribution in [0.4, 0.5) is 4.79 Å². The number of carbonyl (C=O) groups excluding carboxylic acids is 2. The van der Waals surface area contributed by atoms with Crippen molar-refractivity contribution >= 4 is 66.4 Å². The zero-order chi connectivity index (χ0) is 27.3. The second kappa shape index (κ2) is 10.6. The van der Waals surface area contributed by atoms with E-state index in [1.807, 2.05) is 13.1 Å². The summed E-state index contributed by atoms with van der Waals surface area (Å²) in [7, 11) is -1.75. The maximum atomic E-state index is 13.7. The van der Waals surface area contributed by atoms with Gasteiger partial charge in [0.25, 0.3) is 15.9 Å². The van der Waals surface area contributed by atoms with Gasteiger partial charge in [-0.25, -0.2) is 18.2 Å². The Morgan fingerprint density at radius 1 is 1.21 bits per heavy atom. The third-order valence-corrected chi connectivity index (χ3v) is 12.0. The molecule has 0 aliphatic carbocycles. The number of aromatic nitrogens is 1. The number of fused-ring (bicyclic) bond motifs is 2. The Kier molecular flexibility index (Phi) is 7.29. The van der Waals surface area contributed by atoms with E-state index < -0.39 is 28.3 Å². The Hall–Kier alpha value is -2.33. The standard InChI is InChI=1S/C24H27ClN6O5S3/c1-29-7-6-17-19(13-29)38-22(26-17)23(32)31-9-8-30(12-16(31)4-5-20-27-24(33)36-28-20)39(34,35)21-10-14-2-3-15(25)11-18(14)37-21/h2-3,10-11,16,20,28H,4-9,12-13H2,1H3,(H,27,33). The number of amides is 2. The van der Waals surface area contributed by atoms with Crippen LogP contribution >= 0.6 is 34.3 Å². The van der Waals surface area contributed by atoms with Gasteiger partial charge in [0.05, 0.1) is 5.69 Å². The largest absolute Gasteiger partial charge is 0.427 e. The molecule has 208 valence electrons. The second-order valence-corrected chi connectivity index (χ2v) is 14.7. The minimum absolute atomic E-state index is 0.137. The van der Waals surface area contributed by atoms with Crippen LogP contribution in [-0.2, 0) is 27.8 Å². The van der Waals surface area contributed by atoms with Crippen LogP contribution in [0.25, 0.3) is 10.1 Å². The van der Waals surface area contributed by atoms with Crippen LogP contribution in [-0.4, -0.2) is 84.9 Å². The molecule has 11 nitrogen and oxygen atoms in total. The maximum absolute atomic E-state index is 13.7. The van der Waals surface area contributed by atoms with E-state index in [4.69, 9.17) is 16.4 Å². The molecule has 39 heavy (non-hydrogen) atoms. The van der Waals surface area contributed by atoms with E-state index in [-0.39, 0.29) is 29.8 Å². The van der Waals surface area contributed by atoms with Gasteiger partial charge in [-0.2, -0.15) is 4.31 Å². The lowest BCUT2D eigenvalue weighted by atomic mass is 10.1. The van der Waals surface area contributed by atoms with Crippen LogP contribution in [0.2, 0.25) is 5.02 Å². The van der Waals surface area contributed by atoms with Crippen molar-refractivity contribution in [1.29, 1.82) is 0 Å². The number of rotatable bonds is 6. The predicted molar refractivity (Wildman–Crippen MR) is 148 cm³/mol. The molecule has 0 spiro atoms. The van der Waals surface area contributed by atoms with Crippen LogP contribution in [0.3, 0.4) is 0 Å². The van der Waals surface area contributed by atoms with Crippen molar-refractivity contribution in [1.82, 2.24) is 29.9 Å². The molecule has 0 bridgehead atoms. The average Bonchev–Trinajstić information content (AvgIpc) is 3.64. The quantitative estimate of drug-likeness (QED) is 0.437. The minimum Gasteiger partial charge on any atom is -0.352 e. The normalized spacial score (nSPS) is 22.6. The molecule has 15 heteroatoms. The highest BCUT2D eigenvalue weighted by atomic mass is 35.5. The number of nitrogens with one attached hydrogen (secondary N) is 2. The molecule has 1 aromatic carbocycles. The van der Waals surface area contributed by atoms with Crippen molar-refractivity contribution in [2.24, 2.45) is 0 Å². The lowest BCUT2D eigenvalue weighted by Crippen LogP contribution is -2.56. The number of thiophene rings is 1. The van der Waals surface area contributed by atoms with Gasteiger partial charge < -0.3 is 20.0 Å². The molecule has 2 aromatic heterocycles. The van der Waals surface area contributed by atoms with Gasteiger partial charge in [0.2, 0.25) is 0 Å². The summed E-state index contributed by atoms with van der Waals surface area (Å²) in [5, 5.41) is 4.46. The van der Waals surface area contributed by atoms with Gasteiger partial charge in [0.15, 0.2) is 5.01 Å². The first-order valence-corrected chi connectivity index (χ1v) is 16.0.